The molecule has 4 rings (SSSR count). The molecule has 0 saturated carbocycles. The van der Waals surface area contributed by atoms with Crippen molar-refractivity contribution in [1.29, 1.82) is 0 Å². The van der Waals surface area contributed by atoms with Crippen molar-refractivity contribution < 1.29 is 14.3 Å². The Morgan fingerprint density at radius 2 is 1.78 bits per heavy atom. The maximum absolute atomic E-state index is 12.6. The molecule has 0 atom stereocenters. The summed E-state index contributed by atoms with van der Waals surface area (Å²) in [6, 6.07) is 22.6. The molecule has 0 bridgehead atoms. The number of ether oxygens (including phenoxy) is 1. The molecule has 3 aromatic carbocycles. The Balaban J connectivity index is 1.29. The molecule has 32 heavy (non-hydrogen) atoms. The molecule has 6 heteroatoms. The molecular weight excluding hydrogens is 424 g/mol. The van der Waals surface area contributed by atoms with Crippen molar-refractivity contribution in [2.45, 2.75) is 32.5 Å². The molecule has 0 spiro atoms. The summed E-state index contributed by atoms with van der Waals surface area (Å²) in [6.45, 7) is 2.23. The van der Waals surface area contributed by atoms with Crippen LogP contribution in [0.2, 0.25) is 5.02 Å². The molecule has 1 saturated heterocycles. The monoisotopic (exact) mass is 448 g/mol. The highest BCUT2D eigenvalue weighted by Gasteiger charge is 2.19. The topological polar surface area (TPSA) is 58.6 Å². The Morgan fingerprint density at radius 3 is 2.53 bits per heavy atom. The van der Waals surface area contributed by atoms with E-state index < -0.39 is 0 Å². The van der Waals surface area contributed by atoms with Crippen LogP contribution in [0.1, 0.15) is 39.9 Å². The number of carbonyl (C=O) groups excluding carboxylic acids is 2. The van der Waals surface area contributed by atoms with Crippen LogP contribution in [-0.2, 0) is 24.5 Å². The van der Waals surface area contributed by atoms with Crippen molar-refractivity contribution in [3.8, 4) is 5.75 Å². The lowest BCUT2D eigenvalue weighted by molar-refractivity contribution is -0.128. The van der Waals surface area contributed by atoms with Crippen LogP contribution in [0.5, 0.6) is 5.75 Å². The van der Waals surface area contributed by atoms with Gasteiger partial charge in [-0.25, -0.2) is 0 Å². The fourth-order valence-corrected chi connectivity index (χ4v) is 3.83. The van der Waals surface area contributed by atoms with E-state index >= 15 is 0 Å². The van der Waals surface area contributed by atoms with Gasteiger partial charge < -0.3 is 15.0 Å². The zero-order valence-electron chi connectivity index (χ0n) is 17.7. The van der Waals surface area contributed by atoms with E-state index in [1.165, 1.54) is 0 Å². The summed E-state index contributed by atoms with van der Waals surface area (Å²) in [5.74, 6) is 0.665. The Morgan fingerprint density at radius 1 is 1.00 bits per heavy atom. The van der Waals surface area contributed by atoms with Gasteiger partial charge in [-0.15, -0.1) is 0 Å². The smallest absolute Gasteiger partial charge is 0.251 e. The van der Waals surface area contributed by atoms with Crippen molar-refractivity contribution >= 4 is 23.4 Å². The Bertz CT molecular complexity index is 1100. The molecule has 1 heterocycles. The number of nitrogens with one attached hydrogen (secondary N) is 1. The molecule has 3 aromatic rings. The lowest BCUT2D eigenvalue weighted by atomic mass is 10.1. The van der Waals surface area contributed by atoms with Crippen molar-refractivity contribution in [3.63, 3.8) is 0 Å². The summed E-state index contributed by atoms with van der Waals surface area (Å²) in [4.78, 5) is 26.3. The highest BCUT2D eigenvalue weighted by molar-refractivity contribution is 6.31. The highest BCUT2D eigenvalue weighted by Crippen LogP contribution is 2.20. The van der Waals surface area contributed by atoms with Gasteiger partial charge in [0.15, 0.2) is 0 Å². The third-order valence-electron chi connectivity index (χ3n) is 5.47. The van der Waals surface area contributed by atoms with E-state index in [-0.39, 0.29) is 11.8 Å². The molecule has 1 aliphatic heterocycles. The fourth-order valence-electron chi connectivity index (χ4n) is 3.64. The SMILES string of the molecule is O=C(NCc1ccc(CN2CCCC2=O)cc1)c1cccc(OCc2ccccc2Cl)c1. The summed E-state index contributed by atoms with van der Waals surface area (Å²) in [5.41, 5.74) is 3.52. The minimum absolute atomic E-state index is 0.167. The average Bonchev–Trinajstić information content (AvgIpc) is 3.22. The molecular formula is C26H25ClN2O3. The zero-order chi connectivity index (χ0) is 22.3. The number of likely N-dealkylation sites (tertiary alicyclic amines) is 1. The summed E-state index contributed by atoms with van der Waals surface area (Å²) >= 11 is 6.17. The lowest BCUT2D eigenvalue weighted by Crippen LogP contribution is -2.24. The molecule has 2 amide bonds. The number of halogens is 1. The molecule has 1 aliphatic rings. The van der Waals surface area contributed by atoms with Gasteiger partial charge >= 0.3 is 0 Å². The number of hydrogen-bond donors (Lipinski definition) is 1. The largest absolute Gasteiger partial charge is 0.489 e. The first-order chi connectivity index (χ1) is 15.6. The number of nitrogens with zero attached hydrogens (tertiary/aromatic N) is 1. The molecule has 0 aliphatic carbocycles. The number of rotatable bonds is 8. The van der Waals surface area contributed by atoms with E-state index in [0.29, 0.717) is 42.5 Å². The summed E-state index contributed by atoms with van der Waals surface area (Å²) in [7, 11) is 0. The van der Waals surface area contributed by atoms with Crippen LogP contribution in [0.3, 0.4) is 0 Å². The lowest BCUT2D eigenvalue weighted by Gasteiger charge is -2.15. The van der Waals surface area contributed by atoms with Gasteiger partial charge in [0.2, 0.25) is 5.91 Å². The molecule has 5 nitrogen and oxygen atoms in total. The van der Waals surface area contributed by atoms with Crippen molar-refractivity contribution in [2.24, 2.45) is 0 Å². The standard InChI is InChI=1S/C26H25ClN2O3/c27-24-8-2-1-5-22(24)18-32-23-7-3-6-21(15-23)26(31)28-16-19-10-12-20(13-11-19)17-29-14-4-9-25(29)30/h1-3,5-8,10-13,15H,4,9,14,16-18H2,(H,28,31). The number of hydrogen-bond acceptors (Lipinski definition) is 3. The van der Waals surface area contributed by atoms with Crippen LogP contribution in [0.4, 0.5) is 0 Å². The van der Waals surface area contributed by atoms with E-state index in [9.17, 15) is 9.59 Å². The zero-order valence-corrected chi connectivity index (χ0v) is 18.5. The first-order valence-corrected chi connectivity index (χ1v) is 11.1. The van der Waals surface area contributed by atoms with E-state index in [1.54, 1.807) is 18.2 Å². The van der Waals surface area contributed by atoms with Crippen LogP contribution in [0, 0.1) is 0 Å². The number of amides is 2. The van der Waals surface area contributed by atoms with Gasteiger partial charge in [0, 0.05) is 42.2 Å². The van der Waals surface area contributed by atoms with E-state index in [0.717, 1.165) is 29.7 Å². The second-order valence-corrected chi connectivity index (χ2v) is 8.23. The predicted molar refractivity (Wildman–Crippen MR) is 124 cm³/mol. The highest BCUT2D eigenvalue weighted by atomic mass is 35.5. The Hall–Kier alpha value is -3.31. The summed E-state index contributed by atoms with van der Waals surface area (Å²) in [5, 5.41) is 3.60. The third-order valence-corrected chi connectivity index (χ3v) is 5.84. The number of benzene rings is 3. The Kier molecular flexibility index (Phi) is 7.07. The van der Waals surface area contributed by atoms with E-state index in [1.807, 2.05) is 59.5 Å². The normalized spacial score (nSPS) is 13.3. The predicted octanol–water partition coefficient (Wildman–Crippen LogP) is 4.97. The molecule has 1 fully saturated rings. The van der Waals surface area contributed by atoms with E-state index in [4.69, 9.17) is 16.3 Å². The van der Waals surface area contributed by atoms with Crippen LogP contribution >= 0.6 is 11.6 Å². The third kappa shape index (κ3) is 5.68. The maximum Gasteiger partial charge on any atom is 0.251 e. The summed E-state index contributed by atoms with van der Waals surface area (Å²) < 4.78 is 5.81. The fraction of sp³-hybridized carbons (Fsp3) is 0.231. The van der Waals surface area contributed by atoms with Gasteiger partial charge in [0.1, 0.15) is 12.4 Å². The van der Waals surface area contributed by atoms with E-state index in [2.05, 4.69) is 5.32 Å². The second kappa shape index (κ2) is 10.3. The molecule has 164 valence electrons. The van der Waals surface area contributed by atoms with Crippen LogP contribution in [-0.4, -0.2) is 23.3 Å². The minimum Gasteiger partial charge on any atom is -0.489 e. The second-order valence-electron chi connectivity index (χ2n) is 7.83. The first-order valence-electron chi connectivity index (χ1n) is 10.7. The van der Waals surface area contributed by atoms with Crippen molar-refractivity contribution in [1.82, 2.24) is 10.2 Å². The van der Waals surface area contributed by atoms with Crippen molar-refractivity contribution in [2.75, 3.05) is 6.54 Å². The summed E-state index contributed by atoms with van der Waals surface area (Å²) in [6.07, 6.45) is 1.59. The van der Waals surface area contributed by atoms with Crippen LogP contribution in [0.25, 0.3) is 0 Å². The first kappa shape index (κ1) is 21.9. The van der Waals surface area contributed by atoms with Gasteiger partial charge in [0.05, 0.1) is 0 Å². The van der Waals surface area contributed by atoms with Gasteiger partial charge in [-0.3, -0.25) is 9.59 Å². The quantitative estimate of drug-likeness (QED) is 0.529. The maximum atomic E-state index is 12.6. The van der Waals surface area contributed by atoms with Crippen LogP contribution < -0.4 is 10.1 Å². The van der Waals surface area contributed by atoms with Gasteiger partial charge in [-0.1, -0.05) is 60.1 Å². The molecule has 0 aromatic heterocycles. The molecule has 0 radical (unpaired) electrons. The Labute approximate surface area is 193 Å². The van der Waals surface area contributed by atoms with Gasteiger partial charge in [-0.2, -0.15) is 0 Å². The van der Waals surface area contributed by atoms with Gasteiger partial charge in [0.25, 0.3) is 5.91 Å². The van der Waals surface area contributed by atoms with Crippen molar-refractivity contribution in [3.05, 3.63) is 100 Å². The molecule has 1 N–H and O–H groups in total. The van der Waals surface area contributed by atoms with Gasteiger partial charge in [-0.05, 0) is 41.8 Å². The average molecular weight is 449 g/mol. The van der Waals surface area contributed by atoms with Crippen LogP contribution in [0.15, 0.2) is 72.8 Å². The molecule has 0 unspecified atom stereocenters. The number of carbonyl (C=O) groups is 2. The minimum atomic E-state index is -0.167.